The largest absolute Gasteiger partial charge is 0.347 e. The number of aryl methyl sites for hydroxylation is 1. The zero-order valence-corrected chi connectivity index (χ0v) is 14.5. The molecule has 0 saturated carbocycles. The van der Waals surface area contributed by atoms with E-state index in [4.69, 9.17) is 11.6 Å². The summed E-state index contributed by atoms with van der Waals surface area (Å²) in [6.45, 7) is 2.58. The lowest BCUT2D eigenvalue weighted by Gasteiger charge is -2.07. The van der Waals surface area contributed by atoms with Crippen LogP contribution in [0.3, 0.4) is 0 Å². The lowest BCUT2D eigenvalue weighted by atomic mass is 10.1. The van der Waals surface area contributed by atoms with Crippen LogP contribution in [-0.4, -0.2) is 5.91 Å². The summed E-state index contributed by atoms with van der Waals surface area (Å²) in [6.07, 6.45) is 1.93. The van der Waals surface area contributed by atoms with E-state index in [0.29, 0.717) is 11.6 Å². The van der Waals surface area contributed by atoms with Gasteiger partial charge in [0, 0.05) is 16.3 Å². The van der Waals surface area contributed by atoms with Crippen LogP contribution in [0.15, 0.2) is 48.5 Å². The van der Waals surface area contributed by atoms with Crippen molar-refractivity contribution in [2.45, 2.75) is 26.3 Å². The van der Waals surface area contributed by atoms with Gasteiger partial charge in [-0.1, -0.05) is 61.3 Å². The van der Waals surface area contributed by atoms with Crippen LogP contribution in [0.2, 0.25) is 5.02 Å². The van der Waals surface area contributed by atoms with Crippen molar-refractivity contribution >= 4 is 38.9 Å². The highest BCUT2D eigenvalue weighted by atomic mass is 35.5. The molecule has 0 fully saturated rings. The lowest BCUT2D eigenvalue weighted by molar-refractivity contribution is 0.0954. The minimum absolute atomic E-state index is 0.0189. The molecule has 1 heterocycles. The van der Waals surface area contributed by atoms with Crippen molar-refractivity contribution in [1.29, 1.82) is 0 Å². The molecular formula is C19H18ClNOS. The minimum Gasteiger partial charge on any atom is -0.347 e. The number of amides is 1. The van der Waals surface area contributed by atoms with E-state index >= 15 is 0 Å². The maximum absolute atomic E-state index is 12.7. The second-order valence-corrected chi connectivity index (χ2v) is 6.89. The Balaban J connectivity index is 1.86. The molecule has 1 N–H and O–H groups in total. The number of hydrogen-bond donors (Lipinski definition) is 1. The molecule has 0 saturated heterocycles. The first-order valence-electron chi connectivity index (χ1n) is 7.72. The van der Waals surface area contributed by atoms with Crippen LogP contribution < -0.4 is 5.32 Å². The van der Waals surface area contributed by atoms with Gasteiger partial charge < -0.3 is 5.32 Å². The second-order valence-electron chi connectivity index (χ2n) is 5.43. The zero-order valence-electron chi connectivity index (χ0n) is 12.9. The van der Waals surface area contributed by atoms with E-state index in [0.717, 1.165) is 28.8 Å². The first-order valence-corrected chi connectivity index (χ1v) is 8.92. The fourth-order valence-corrected chi connectivity index (χ4v) is 4.05. The molecule has 0 bridgehead atoms. The van der Waals surface area contributed by atoms with Gasteiger partial charge in [0.05, 0.1) is 4.88 Å². The highest BCUT2D eigenvalue weighted by molar-refractivity contribution is 7.21. The second kappa shape index (κ2) is 7.16. The van der Waals surface area contributed by atoms with Crippen LogP contribution >= 0.6 is 22.9 Å². The molecule has 3 rings (SSSR count). The number of fused-ring (bicyclic) bond motifs is 1. The monoisotopic (exact) mass is 343 g/mol. The molecule has 118 valence electrons. The van der Waals surface area contributed by atoms with Gasteiger partial charge in [0.25, 0.3) is 5.91 Å². The van der Waals surface area contributed by atoms with Crippen molar-refractivity contribution < 1.29 is 4.79 Å². The summed E-state index contributed by atoms with van der Waals surface area (Å²) in [7, 11) is 0. The number of nitrogens with one attached hydrogen (secondary N) is 1. The van der Waals surface area contributed by atoms with Crippen LogP contribution in [0.1, 0.15) is 34.1 Å². The van der Waals surface area contributed by atoms with Crippen molar-refractivity contribution in [2.24, 2.45) is 0 Å². The molecule has 0 spiro atoms. The molecule has 0 atom stereocenters. The van der Waals surface area contributed by atoms with Crippen LogP contribution in [0.5, 0.6) is 0 Å². The number of carbonyl (C=O) groups is 1. The molecule has 0 unspecified atom stereocenters. The predicted molar refractivity (Wildman–Crippen MR) is 98.4 cm³/mol. The Kier molecular flexibility index (Phi) is 4.99. The first-order chi connectivity index (χ1) is 11.2. The van der Waals surface area contributed by atoms with Crippen LogP contribution in [-0.2, 0) is 13.0 Å². The Morgan fingerprint density at radius 2 is 1.87 bits per heavy atom. The van der Waals surface area contributed by atoms with Gasteiger partial charge >= 0.3 is 0 Å². The van der Waals surface area contributed by atoms with E-state index in [1.165, 1.54) is 10.1 Å². The van der Waals surface area contributed by atoms with E-state index in [-0.39, 0.29) is 5.91 Å². The van der Waals surface area contributed by atoms with Crippen LogP contribution in [0.25, 0.3) is 10.1 Å². The molecule has 1 aromatic heterocycles. The van der Waals surface area contributed by atoms with E-state index in [9.17, 15) is 4.79 Å². The summed E-state index contributed by atoms with van der Waals surface area (Å²) in [5.41, 5.74) is 2.09. The maximum Gasteiger partial charge on any atom is 0.261 e. The lowest BCUT2D eigenvalue weighted by Crippen LogP contribution is -2.23. The highest BCUT2D eigenvalue weighted by Crippen LogP contribution is 2.32. The molecule has 0 aliphatic carbocycles. The Hall–Kier alpha value is -1.84. The van der Waals surface area contributed by atoms with E-state index in [2.05, 4.69) is 24.4 Å². The molecule has 2 nitrogen and oxygen atoms in total. The van der Waals surface area contributed by atoms with E-state index in [1.807, 2.05) is 36.4 Å². The number of rotatable bonds is 5. The average Bonchev–Trinajstić information content (AvgIpc) is 2.93. The molecule has 3 aromatic rings. The summed E-state index contributed by atoms with van der Waals surface area (Å²) in [4.78, 5) is 13.5. The van der Waals surface area contributed by atoms with Crippen molar-refractivity contribution in [3.63, 3.8) is 0 Å². The molecule has 1 amide bonds. The van der Waals surface area contributed by atoms with E-state index < -0.39 is 0 Å². The van der Waals surface area contributed by atoms with E-state index in [1.54, 1.807) is 11.3 Å². The van der Waals surface area contributed by atoms with Crippen molar-refractivity contribution in [3.05, 3.63) is 69.6 Å². The number of halogens is 1. The summed E-state index contributed by atoms with van der Waals surface area (Å²) in [5.74, 6) is -0.0189. The van der Waals surface area contributed by atoms with Crippen LogP contribution in [0, 0.1) is 0 Å². The van der Waals surface area contributed by atoms with Gasteiger partial charge in [-0.2, -0.15) is 0 Å². The van der Waals surface area contributed by atoms with Gasteiger partial charge in [0.2, 0.25) is 0 Å². The number of benzene rings is 2. The van der Waals surface area contributed by atoms with Crippen LogP contribution in [0.4, 0.5) is 0 Å². The highest BCUT2D eigenvalue weighted by Gasteiger charge is 2.17. The third kappa shape index (κ3) is 3.41. The van der Waals surface area contributed by atoms with Gasteiger partial charge in [0.1, 0.15) is 0 Å². The summed E-state index contributed by atoms with van der Waals surface area (Å²) >= 11 is 7.72. The number of hydrogen-bond acceptors (Lipinski definition) is 2. The topological polar surface area (TPSA) is 29.1 Å². The molecule has 0 aliphatic rings. The normalized spacial score (nSPS) is 10.9. The quantitative estimate of drug-likeness (QED) is 0.656. The van der Waals surface area contributed by atoms with Gasteiger partial charge in [-0.25, -0.2) is 0 Å². The Bertz CT molecular complexity index is 840. The number of carbonyl (C=O) groups excluding carboxylic acids is 1. The van der Waals surface area contributed by atoms with Gasteiger partial charge in [0.15, 0.2) is 0 Å². The maximum atomic E-state index is 12.7. The third-order valence-corrected chi connectivity index (χ3v) is 5.38. The fourth-order valence-electron chi connectivity index (χ4n) is 2.68. The molecule has 4 heteroatoms. The summed E-state index contributed by atoms with van der Waals surface area (Å²) in [5, 5.41) is 4.88. The van der Waals surface area contributed by atoms with Gasteiger partial charge in [-0.3, -0.25) is 4.79 Å². The molecule has 23 heavy (non-hydrogen) atoms. The van der Waals surface area contributed by atoms with Crippen molar-refractivity contribution in [1.82, 2.24) is 5.32 Å². The smallest absolute Gasteiger partial charge is 0.261 e. The standard InChI is InChI=1S/C19H18ClNOS/c1-2-7-15-14-9-4-6-11-17(14)23-18(15)19(22)21-12-13-8-3-5-10-16(13)20/h3-6,8-11H,2,7,12H2,1H3,(H,21,22). The third-order valence-electron chi connectivity index (χ3n) is 3.80. The minimum atomic E-state index is -0.0189. The predicted octanol–water partition coefficient (Wildman–Crippen LogP) is 5.44. The van der Waals surface area contributed by atoms with Gasteiger partial charge in [-0.15, -0.1) is 11.3 Å². The van der Waals surface area contributed by atoms with Crippen molar-refractivity contribution in [2.75, 3.05) is 0 Å². The van der Waals surface area contributed by atoms with Gasteiger partial charge in [-0.05, 0) is 35.1 Å². The Morgan fingerprint density at radius 3 is 2.65 bits per heavy atom. The molecular weight excluding hydrogens is 326 g/mol. The number of thiophene rings is 1. The fraction of sp³-hybridized carbons (Fsp3) is 0.211. The first kappa shape index (κ1) is 16.0. The molecule has 0 aliphatic heterocycles. The average molecular weight is 344 g/mol. The summed E-state index contributed by atoms with van der Waals surface area (Å²) in [6, 6.07) is 15.8. The Labute approximate surface area is 145 Å². The zero-order chi connectivity index (χ0) is 16.2. The molecule has 0 radical (unpaired) electrons. The Morgan fingerprint density at radius 1 is 1.13 bits per heavy atom. The molecule has 2 aromatic carbocycles. The van der Waals surface area contributed by atoms with Crippen molar-refractivity contribution in [3.8, 4) is 0 Å². The summed E-state index contributed by atoms with van der Waals surface area (Å²) < 4.78 is 1.17. The SMILES string of the molecule is CCCc1c(C(=O)NCc2ccccc2Cl)sc2ccccc12.